The van der Waals surface area contributed by atoms with Gasteiger partial charge in [0.05, 0.1) is 6.51 Å². The standard InChI is InChI=1S/C15H23BFO2/c1-3-10-15(2,17)14(18)19-12-16-11-9-13-7-5-4-6-8-13/h4-7,13H,3,8-12H2,1-2H3. The number of esters is 1. The van der Waals surface area contributed by atoms with Gasteiger partial charge in [-0.25, -0.2) is 9.18 Å². The summed E-state index contributed by atoms with van der Waals surface area (Å²) in [6, 6.07) is 0. The van der Waals surface area contributed by atoms with Crippen molar-refractivity contribution in [1.29, 1.82) is 0 Å². The van der Waals surface area contributed by atoms with Crippen molar-refractivity contribution in [3.05, 3.63) is 24.3 Å². The molecule has 0 spiro atoms. The highest BCUT2D eigenvalue weighted by Crippen LogP contribution is 2.20. The van der Waals surface area contributed by atoms with Gasteiger partial charge in [0.2, 0.25) is 5.67 Å². The van der Waals surface area contributed by atoms with Gasteiger partial charge in [0.15, 0.2) is 7.28 Å². The molecule has 1 radical (unpaired) electrons. The molecule has 0 heterocycles. The largest absolute Gasteiger partial charge is 0.473 e. The Hall–Kier alpha value is -1.06. The van der Waals surface area contributed by atoms with Gasteiger partial charge < -0.3 is 4.74 Å². The maximum Gasteiger partial charge on any atom is 0.342 e. The molecular weight excluding hydrogens is 242 g/mol. The first-order chi connectivity index (χ1) is 9.06. The van der Waals surface area contributed by atoms with Gasteiger partial charge in [-0.05, 0) is 25.7 Å². The zero-order chi connectivity index (χ0) is 14.1. The van der Waals surface area contributed by atoms with Crippen LogP contribution in [0.25, 0.3) is 0 Å². The number of alkyl halides is 1. The second-order valence-electron chi connectivity index (χ2n) is 5.22. The Morgan fingerprint density at radius 1 is 1.53 bits per heavy atom. The van der Waals surface area contributed by atoms with Crippen molar-refractivity contribution in [2.45, 2.75) is 51.5 Å². The molecule has 19 heavy (non-hydrogen) atoms. The van der Waals surface area contributed by atoms with Crippen LogP contribution in [0, 0.1) is 5.92 Å². The summed E-state index contributed by atoms with van der Waals surface area (Å²) in [5, 5.41) is 0. The summed E-state index contributed by atoms with van der Waals surface area (Å²) >= 11 is 0. The van der Waals surface area contributed by atoms with Crippen molar-refractivity contribution in [1.82, 2.24) is 0 Å². The number of ether oxygens (including phenoxy) is 1. The molecule has 1 aliphatic carbocycles. The zero-order valence-electron chi connectivity index (χ0n) is 11.9. The lowest BCUT2D eigenvalue weighted by Gasteiger charge is -2.18. The molecule has 0 aromatic rings. The van der Waals surface area contributed by atoms with Crippen molar-refractivity contribution in [3.8, 4) is 0 Å². The summed E-state index contributed by atoms with van der Waals surface area (Å²) in [7, 11) is 1.91. The normalized spacial score (nSPS) is 20.9. The molecule has 2 unspecified atom stereocenters. The molecule has 0 bridgehead atoms. The van der Waals surface area contributed by atoms with Crippen molar-refractivity contribution in [2.75, 3.05) is 6.51 Å². The van der Waals surface area contributed by atoms with Crippen LogP contribution in [0.1, 0.15) is 39.5 Å². The smallest absolute Gasteiger partial charge is 0.342 e. The van der Waals surface area contributed by atoms with Crippen LogP contribution in [0.15, 0.2) is 24.3 Å². The Bertz CT molecular complexity index is 337. The Morgan fingerprint density at radius 3 is 2.95 bits per heavy atom. The number of carbonyl (C=O) groups excluding carboxylic acids is 1. The fourth-order valence-corrected chi connectivity index (χ4v) is 2.12. The summed E-state index contributed by atoms with van der Waals surface area (Å²) in [5.41, 5.74) is -1.85. The van der Waals surface area contributed by atoms with Gasteiger partial charge in [-0.3, -0.25) is 0 Å². The van der Waals surface area contributed by atoms with Crippen LogP contribution in [0.4, 0.5) is 4.39 Å². The molecule has 2 nitrogen and oxygen atoms in total. The van der Waals surface area contributed by atoms with Crippen molar-refractivity contribution in [3.63, 3.8) is 0 Å². The Morgan fingerprint density at radius 2 is 2.32 bits per heavy atom. The van der Waals surface area contributed by atoms with E-state index in [1.165, 1.54) is 6.92 Å². The third-order valence-corrected chi connectivity index (χ3v) is 3.29. The molecule has 2 atom stereocenters. The minimum absolute atomic E-state index is 0.203. The highest BCUT2D eigenvalue weighted by atomic mass is 19.1. The number of rotatable bonds is 8. The zero-order valence-corrected chi connectivity index (χ0v) is 11.9. The van der Waals surface area contributed by atoms with E-state index in [1.807, 2.05) is 14.2 Å². The van der Waals surface area contributed by atoms with Gasteiger partial charge in [-0.2, -0.15) is 0 Å². The lowest BCUT2D eigenvalue weighted by molar-refractivity contribution is -0.155. The summed E-state index contributed by atoms with van der Waals surface area (Å²) < 4.78 is 18.7. The second kappa shape index (κ2) is 8.18. The monoisotopic (exact) mass is 265 g/mol. The lowest BCUT2D eigenvalue weighted by Crippen LogP contribution is -2.33. The first-order valence-corrected chi connectivity index (χ1v) is 7.07. The predicted octanol–water partition coefficient (Wildman–Crippen LogP) is 3.66. The molecule has 0 aromatic heterocycles. The topological polar surface area (TPSA) is 26.3 Å². The molecule has 0 N–H and O–H groups in total. The molecule has 0 amide bonds. The van der Waals surface area contributed by atoms with Crippen LogP contribution in [0.2, 0.25) is 6.32 Å². The van der Waals surface area contributed by atoms with Crippen molar-refractivity contribution >= 4 is 13.2 Å². The number of carbonyl (C=O) groups is 1. The van der Waals surface area contributed by atoms with E-state index in [2.05, 4.69) is 24.3 Å². The maximum absolute atomic E-state index is 13.8. The SMILES string of the molecule is CCCC(C)(F)C(=O)OC[B]CCC1C=CC=CC1. The molecule has 1 aliphatic rings. The average Bonchev–Trinajstić information content (AvgIpc) is 2.39. The van der Waals surface area contributed by atoms with E-state index >= 15 is 0 Å². The van der Waals surface area contributed by atoms with Crippen LogP contribution in [-0.2, 0) is 9.53 Å². The van der Waals surface area contributed by atoms with Crippen molar-refractivity contribution in [2.24, 2.45) is 5.92 Å². The van der Waals surface area contributed by atoms with E-state index in [9.17, 15) is 9.18 Å². The molecule has 1 rings (SSSR count). The van der Waals surface area contributed by atoms with E-state index in [1.54, 1.807) is 0 Å². The highest BCUT2D eigenvalue weighted by molar-refractivity contribution is 6.35. The molecule has 0 saturated carbocycles. The molecule has 4 heteroatoms. The number of allylic oxidation sites excluding steroid dienone is 4. The van der Waals surface area contributed by atoms with Crippen molar-refractivity contribution < 1.29 is 13.9 Å². The fraction of sp³-hybridized carbons (Fsp3) is 0.667. The van der Waals surface area contributed by atoms with Gasteiger partial charge in [0.25, 0.3) is 0 Å². The van der Waals surface area contributed by atoms with Gasteiger partial charge in [0.1, 0.15) is 0 Å². The van der Waals surface area contributed by atoms with Crippen LogP contribution in [0.3, 0.4) is 0 Å². The average molecular weight is 265 g/mol. The first kappa shape index (κ1) is 16.0. The van der Waals surface area contributed by atoms with Crippen LogP contribution < -0.4 is 0 Å². The van der Waals surface area contributed by atoms with Crippen LogP contribution >= 0.6 is 0 Å². The minimum atomic E-state index is -1.85. The van der Waals surface area contributed by atoms with Gasteiger partial charge in [-0.1, -0.05) is 50.4 Å². The molecule has 0 aliphatic heterocycles. The molecule has 0 saturated heterocycles. The van der Waals surface area contributed by atoms with E-state index < -0.39 is 11.6 Å². The Labute approximate surface area is 116 Å². The Balaban J connectivity index is 2.08. The van der Waals surface area contributed by atoms with Gasteiger partial charge >= 0.3 is 5.97 Å². The molecule has 0 fully saturated rings. The Kier molecular flexibility index (Phi) is 6.89. The first-order valence-electron chi connectivity index (χ1n) is 7.07. The minimum Gasteiger partial charge on any atom is -0.473 e. The van der Waals surface area contributed by atoms with Crippen LogP contribution in [0.5, 0.6) is 0 Å². The van der Waals surface area contributed by atoms with E-state index in [4.69, 9.17) is 4.74 Å². The number of hydrogen-bond donors (Lipinski definition) is 0. The van der Waals surface area contributed by atoms with E-state index in [0.717, 1.165) is 19.2 Å². The summed E-state index contributed by atoms with van der Waals surface area (Å²) in [6.45, 7) is 3.34. The quantitative estimate of drug-likeness (QED) is 0.380. The highest BCUT2D eigenvalue weighted by Gasteiger charge is 2.33. The third-order valence-electron chi connectivity index (χ3n) is 3.29. The lowest BCUT2D eigenvalue weighted by atomic mass is 9.72. The summed E-state index contributed by atoms with van der Waals surface area (Å²) in [5.74, 6) is -0.172. The fourth-order valence-electron chi connectivity index (χ4n) is 2.12. The van der Waals surface area contributed by atoms with Crippen LogP contribution in [-0.4, -0.2) is 25.4 Å². The summed E-state index contributed by atoms with van der Waals surface area (Å²) in [4.78, 5) is 11.5. The van der Waals surface area contributed by atoms with E-state index in [0.29, 0.717) is 12.3 Å². The number of hydrogen-bond acceptors (Lipinski definition) is 2. The van der Waals surface area contributed by atoms with E-state index in [-0.39, 0.29) is 12.9 Å². The second-order valence-corrected chi connectivity index (χ2v) is 5.22. The van der Waals surface area contributed by atoms with Gasteiger partial charge in [0, 0.05) is 0 Å². The number of halogens is 1. The van der Waals surface area contributed by atoms with Gasteiger partial charge in [-0.15, -0.1) is 0 Å². The predicted molar refractivity (Wildman–Crippen MR) is 76.9 cm³/mol. The maximum atomic E-state index is 13.8. The molecular formula is C15H23BFO2. The molecule has 105 valence electrons. The third kappa shape index (κ3) is 6.08. The molecule has 0 aromatic carbocycles. The summed E-state index contributed by atoms with van der Waals surface area (Å²) in [6.07, 6.45) is 12.3.